The van der Waals surface area contributed by atoms with Crippen LogP contribution in [-0.2, 0) is 6.54 Å². The molecule has 0 spiro atoms. The lowest BCUT2D eigenvalue weighted by Crippen LogP contribution is -3.13. The highest BCUT2D eigenvalue weighted by Crippen LogP contribution is 2.33. The van der Waals surface area contributed by atoms with Crippen molar-refractivity contribution >= 4 is 17.0 Å². The van der Waals surface area contributed by atoms with E-state index in [-0.39, 0.29) is 0 Å². The second-order valence-electron chi connectivity index (χ2n) is 7.33. The van der Waals surface area contributed by atoms with Gasteiger partial charge in [0.15, 0.2) is 11.5 Å². The molecule has 3 aromatic rings. The third-order valence-electron chi connectivity index (χ3n) is 5.52. The number of methoxy groups -OCH3 is 3. The van der Waals surface area contributed by atoms with Crippen molar-refractivity contribution in [1.29, 1.82) is 0 Å². The van der Waals surface area contributed by atoms with E-state index in [0.29, 0.717) is 0 Å². The van der Waals surface area contributed by atoms with Crippen LogP contribution in [0.15, 0.2) is 47.8 Å². The lowest BCUT2D eigenvalue weighted by atomic mass is 10.2. The Morgan fingerprint density at radius 2 is 1.67 bits per heavy atom. The molecule has 0 atom stereocenters. The summed E-state index contributed by atoms with van der Waals surface area (Å²) in [5, 5.41) is 3.19. The molecule has 0 aliphatic carbocycles. The molecule has 0 amide bonds. The Hall–Kier alpha value is -2.77. The number of nitrogens with one attached hydrogen (secondary N) is 1. The molecule has 2 heterocycles. The molecule has 1 fully saturated rings. The number of hydrogen-bond donors (Lipinski definition) is 1. The fraction of sp³-hybridized carbons (Fsp3) is 0.348. The van der Waals surface area contributed by atoms with Gasteiger partial charge in [0, 0.05) is 16.6 Å². The summed E-state index contributed by atoms with van der Waals surface area (Å²) in [6, 6.07) is 14.3. The second-order valence-corrected chi connectivity index (χ2v) is 8.18. The fourth-order valence-corrected chi connectivity index (χ4v) is 4.61. The molecule has 0 saturated carbocycles. The number of hydrogen-bond acceptors (Lipinski definition) is 6. The smallest absolute Gasteiger partial charge is 0.161 e. The van der Waals surface area contributed by atoms with Gasteiger partial charge in [-0.1, -0.05) is 0 Å². The van der Waals surface area contributed by atoms with Crippen LogP contribution in [0.5, 0.6) is 17.2 Å². The minimum atomic E-state index is 0.729. The van der Waals surface area contributed by atoms with E-state index in [2.05, 4.69) is 22.4 Å². The Morgan fingerprint density at radius 3 is 2.33 bits per heavy atom. The molecule has 1 aromatic heterocycles. The zero-order valence-electron chi connectivity index (χ0n) is 17.7. The third-order valence-corrected chi connectivity index (χ3v) is 6.46. The largest absolute Gasteiger partial charge is 0.497 e. The van der Waals surface area contributed by atoms with Gasteiger partial charge in [-0.2, -0.15) is 0 Å². The first kappa shape index (κ1) is 20.5. The van der Waals surface area contributed by atoms with E-state index in [1.165, 1.54) is 5.69 Å². The molecular formula is C23H28N3O3S+. The summed E-state index contributed by atoms with van der Waals surface area (Å²) in [5.41, 5.74) is 3.47. The summed E-state index contributed by atoms with van der Waals surface area (Å²) in [6.07, 6.45) is 0. The minimum absolute atomic E-state index is 0.729. The zero-order valence-corrected chi connectivity index (χ0v) is 18.5. The van der Waals surface area contributed by atoms with Crippen LogP contribution in [-0.4, -0.2) is 52.5 Å². The Labute approximate surface area is 181 Å². The van der Waals surface area contributed by atoms with Crippen molar-refractivity contribution in [3.05, 3.63) is 53.5 Å². The van der Waals surface area contributed by atoms with Gasteiger partial charge in [0.25, 0.3) is 0 Å². The molecule has 30 heavy (non-hydrogen) atoms. The van der Waals surface area contributed by atoms with Gasteiger partial charge in [-0.15, -0.1) is 11.3 Å². The van der Waals surface area contributed by atoms with E-state index < -0.39 is 0 Å². The SMILES string of the molecule is COc1ccc(N2CC[NH+](Cc3csc(-c4ccc(OC)c(OC)c4)n3)CC2)cc1. The highest BCUT2D eigenvalue weighted by molar-refractivity contribution is 7.13. The molecule has 1 aliphatic rings. The van der Waals surface area contributed by atoms with E-state index >= 15 is 0 Å². The van der Waals surface area contributed by atoms with Crippen LogP contribution in [0.25, 0.3) is 10.6 Å². The van der Waals surface area contributed by atoms with Gasteiger partial charge in [0.05, 0.1) is 47.5 Å². The second kappa shape index (κ2) is 9.36. The summed E-state index contributed by atoms with van der Waals surface area (Å²) in [5.74, 6) is 2.36. The van der Waals surface area contributed by atoms with Crippen LogP contribution < -0.4 is 24.0 Å². The molecule has 1 aliphatic heterocycles. The van der Waals surface area contributed by atoms with Gasteiger partial charge >= 0.3 is 0 Å². The van der Waals surface area contributed by atoms with Gasteiger partial charge in [0.1, 0.15) is 23.0 Å². The Morgan fingerprint density at radius 1 is 0.933 bits per heavy atom. The molecular weight excluding hydrogens is 398 g/mol. The predicted octanol–water partition coefficient (Wildman–Crippen LogP) is 2.74. The predicted molar refractivity (Wildman–Crippen MR) is 120 cm³/mol. The first-order valence-electron chi connectivity index (χ1n) is 10.1. The topological polar surface area (TPSA) is 48.3 Å². The summed E-state index contributed by atoms with van der Waals surface area (Å²) < 4.78 is 16.0. The lowest BCUT2D eigenvalue weighted by Gasteiger charge is -2.33. The molecule has 7 heteroatoms. The number of piperazine rings is 1. The highest BCUT2D eigenvalue weighted by atomic mass is 32.1. The molecule has 4 rings (SSSR count). The van der Waals surface area contributed by atoms with Crippen molar-refractivity contribution in [3.63, 3.8) is 0 Å². The zero-order chi connectivity index (χ0) is 20.9. The molecule has 0 unspecified atom stereocenters. The maximum Gasteiger partial charge on any atom is 0.161 e. The van der Waals surface area contributed by atoms with Crippen molar-refractivity contribution in [2.75, 3.05) is 52.4 Å². The van der Waals surface area contributed by atoms with Crippen LogP contribution in [0.4, 0.5) is 5.69 Å². The van der Waals surface area contributed by atoms with Crippen LogP contribution in [0.1, 0.15) is 5.69 Å². The summed E-state index contributed by atoms with van der Waals surface area (Å²) in [7, 11) is 5.01. The van der Waals surface area contributed by atoms with Crippen molar-refractivity contribution < 1.29 is 19.1 Å². The minimum Gasteiger partial charge on any atom is -0.497 e. The third kappa shape index (κ3) is 4.52. The summed E-state index contributed by atoms with van der Waals surface area (Å²) in [6.45, 7) is 5.27. The first-order chi connectivity index (χ1) is 14.7. The molecule has 0 radical (unpaired) electrons. The van der Waals surface area contributed by atoms with E-state index in [1.54, 1.807) is 37.6 Å². The first-order valence-corrected chi connectivity index (χ1v) is 11.0. The van der Waals surface area contributed by atoms with Crippen molar-refractivity contribution in [3.8, 4) is 27.8 Å². The summed E-state index contributed by atoms with van der Waals surface area (Å²) >= 11 is 1.68. The van der Waals surface area contributed by atoms with Crippen LogP contribution >= 0.6 is 11.3 Å². The van der Waals surface area contributed by atoms with Crippen molar-refractivity contribution in [2.24, 2.45) is 0 Å². The van der Waals surface area contributed by atoms with Gasteiger partial charge in [-0.3, -0.25) is 0 Å². The van der Waals surface area contributed by atoms with Crippen LogP contribution in [0, 0.1) is 0 Å². The molecule has 1 N–H and O–H groups in total. The number of aromatic nitrogens is 1. The number of nitrogens with zero attached hydrogens (tertiary/aromatic N) is 2. The average molecular weight is 427 g/mol. The number of benzene rings is 2. The van der Waals surface area contributed by atoms with Gasteiger partial charge in [-0.25, -0.2) is 4.98 Å². The Bertz CT molecular complexity index is 966. The quantitative estimate of drug-likeness (QED) is 0.630. The molecule has 6 nitrogen and oxygen atoms in total. The van der Waals surface area contributed by atoms with Gasteiger partial charge < -0.3 is 24.0 Å². The van der Waals surface area contributed by atoms with E-state index in [9.17, 15) is 0 Å². The molecule has 1 saturated heterocycles. The highest BCUT2D eigenvalue weighted by Gasteiger charge is 2.21. The molecule has 0 bridgehead atoms. The monoisotopic (exact) mass is 426 g/mol. The van der Waals surface area contributed by atoms with Crippen molar-refractivity contribution in [1.82, 2.24) is 4.98 Å². The number of rotatable bonds is 7. The number of thiazole rings is 1. The van der Waals surface area contributed by atoms with E-state index in [4.69, 9.17) is 19.2 Å². The normalized spacial score (nSPS) is 14.6. The average Bonchev–Trinajstić information content (AvgIpc) is 3.27. The summed E-state index contributed by atoms with van der Waals surface area (Å²) in [4.78, 5) is 8.89. The molecule has 2 aromatic carbocycles. The van der Waals surface area contributed by atoms with Crippen LogP contribution in [0.3, 0.4) is 0 Å². The Kier molecular flexibility index (Phi) is 6.40. The molecule has 158 valence electrons. The maximum atomic E-state index is 5.42. The van der Waals surface area contributed by atoms with Crippen LogP contribution in [0.2, 0.25) is 0 Å². The van der Waals surface area contributed by atoms with E-state index in [1.807, 2.05) is 30.3 Å². The number of ether oxygens (including phenoxy) is 3. The number of quaternary nitrogens is 1. The van der Waals surface area contributed by atoms with E-state index in [0.717, 1.165) is 66.2 Å². The maximum absolute atomic E-state index is 5.42. The fourth-order valence-electron chi connectivity index (χ4n) is 3.80. The lowest BCUT2D eigenvalue weighted by molar-refractivity contribution is -0.914. The van der Waals surface area contributed by atoms with Crippen molar-refractivity contribution in [2.45, 2.75) is 6.54 Å². The Balaban J connectivity index is 1.35. The number of anilines is 1. The van der Waals surface area contributed by atoms with Gasteiger partial charge in [0.2, 0.25) is 0 Å². The van der Waals surface area contributed by atoms with Gasteiger partial charge in [-0.05, 0) is 42.5 Å². The standard InChI is InChI=1S/C23H27N3O3S/c1-27-20-7-5-19(6-8-20)26-12-10-25(11-13-26)15-18-16-30-23(24-18)17-4-9-21(28-2)22(14-17)29-3/h4-9,14,16H,10-13,15H2,1-3H3/p+1.